The largest absolute Gasteiger partial charge is 0.337 e. The van der Waals surface area contributed by atoms with Crippen molar-refractivity contribution in [1.29, 1.82) is 0 Å². The molecule has 2 amide bonds. The maximum absolute atomic E-state index is 13.2. The van der Waals surface area contributed by atoms with Gasteiger partial charge in [-0.3, -0.25) is 14.5 Å². The summed E-state index contributed by atoms with van der Waals surface area (Å²) in [5.74, 6) is -0.621. The van der Waals surface area contributed by atoms with Crippen LogP contribution < -0.4 is 5.32 Å². The van der Waals surface area contributed by atoms with E-state index in [2.05, 4.69) is 21.2 Å². The van der Waals surface area contributed by atoms with Gasteiger partial charge >= 0.3 is 0 Å². The van der Waals surface area contributed by atoms with Crippen LogP contribution in [0.3, 0.4) is 0 Å². The average molecular weight is 446 g/mol. The van der Waals surface area contributed by atoms with Crippen LogP contribution in [0.5, 0.6) is 0 Å². The summed E-state index contributed by atoms with van der Waals surface area (Å²) in [5, 5.41) is 2.69. The lowest BCUT2D eigenvalue weighted by molar-refractivity contribution is -0.127. The Labute approximate surface area is 172 Å². The van der Waals surface area contributed by atoms with E-state index in [9.17, 15) is 14.0 Å². The normalized spacial score (nSPS) is 15.0. The van der Waals surface area contributed by atoms with E-state index in [-0.39, 0.29) is 24.2 Å². The number of hydrogen-bond donors (Lipinski definition) is 1. The van der Waals surface area contributed by atoms with E-state index in [4.69, 9.17) is 0 Å². The summed E-state index contributed by atoms with van der Waals surface area (Å²) < 4.78 is 14.1. The molecule has 7 heteroatoms. The monoisotopic (exact) mass is 445 g/mol. The van der Waals surface area contributed by atoms with Crippen molar-refractivity contribution in [3.8, 4) is 0 Å². The molecule has 1 aliphatic rings. The number of carbonyl (C=O) groups excluding carboxylic acids is 2. The van der Waals surface area contributed by atoms with E-state index in [1.807, 2.05) is 29.2 Å². The molecule has 2 aromatic carbocycles. The van der Waals surface area contributed by atoms with Crippen LogP contribution in [0.4, 0.5) is 10.1 Å². The van der Waals surface area contributed by atoms with E-state index in [0.29, 0.717) is 31.9 Å². The minimum absolute atomic E-state index is 0.0381. The van der Waals surface area contributed by atoms with Crippen LogP contribution in [0.2, 0.25) is 0 Å². The number of halogens is 2. The van der Waals surface area contributed by atoms with E-state index in [1.54, 1.807) is 29.2 Å². The number of carbonyl (C=O) groups is 2. The summed E-state index contributed by atoms with van der Waals surface area (Å²) in [4.78, 5) is 28.2. The van der Waals surface area contributed by atoms with Gasteiger partial charge in [-0.15, -0.1) is 0 Å². The minimum Gasteiger partial charge on any atom is -0.337 e. The number of nitrogens with zero attached hydrogens (tertiary/aromatic N) is 2. The quantitative estimate of drug-likeness (QED) is 0.717. The van der Waals surface area contributed by atoms with Gasteiger partial charge in [-0.2, -0.15) is 0 Å². The standard InChI is InChI=1S/C21H21BrFN3O2/c22-17-4-1-3-16(13-17)7-8-21(28)26-11-9-25(10-12-26)15-20(27)24-19-6-2-5-18(23)14-19/h1-8,13-14H,9-12,15H2,(H,24,27). The molecule has 0 aliphatic carbocycles. The first-order chi connectivity index (χ1) is 13.5. The molecular formula is C21H21BrFN3O2. The molecule has 1 heterocycles. The third kappa shape index (κ3) is 6.00. The number of rotatable bonds is 5. The van der Waals surface area contributed by atoms with Gasteiger partial charge in [-0.05, 0) is 42.0 Å². The zero-order valence-electron chi connectivity index (χ0n) is 15.3. The van der Waals surface area contributed by atoms with E-state index < -0.39 is 0 Å². The summed E-state index contributed by atoms with van der Waals surface area (Å²) >= 11 is 3.41. The fourth-order valence-corrected chi connectivity index (χ4v) is 3.40. The molecule has 0 aromatic heterocycles. The predicted molar refractivity (Wildman–Crippen MR) is 111 cm³/mol. The van der Waals surface area contributed by atoms with Crippen molar-refractivity contribution in [2.24, 2.45) is 0 Å². The van der Waals surface area contributed by atoms with E-state index >= 15 is 0 Å². The van der Waals surface area contributed by atoms with Crippen LogP contribution in [0.15, 0.2) is 59.1 Å². The van der Waals surface area contributed by atoms with Gasteiger partial charge in [-0.1, -0.05) is 34.1 Å². The van der Waals surface area contributed by atoms with Gasteiger partial charge in [0, 0.05) is 42.4 Å². The predicted octanol–water partition coefficient (Wildman–Crippen LogP) is 3.38. The molecule has 0 spiro atoms. The first-order valence-corrected chi connectivity index (χ1v) is 9.79. The number of anilines is 1. The zero-order valence-corrected chi connectivity index (χ0v) is 16.9. The van der Waals surface area contributed by atoms with Gasteiger partial charge in [-0.25, -0.2) is 4.39 Å². The van der Waals surface area contributed by atoms with Gasteiger partial charge in [0.25, 0.3) is 0 Å². The van der Waals surface area contributed by atoms with Gasteiger partial charge in [0.1, 0.15) is 5.82 Å². The first-order valence-electron chi connectivity index (χ1n) is 9.00. The van der Waals surface area contributed by atoms with Crippen molar-refractivity contribution in [2.45, 2.75) is 0 Å². The highest BCUT2D eigenvalue weighted by molar-refractivity contribution is 9.10. The molecule has 1 N–H and O–H groups in total. The molecule has 0 unspecified atom stereocenters. The minimum atomic E-state index is -0.388. The molecule has 0 atom stereocenters. The summed E-state index contributed by atoms with van der Waals surface area (Å²) in [6.07, 6.45) is 3.37. The lowest BCUT2D eigenvalue weighted by Gasteiger charge is -2.33. The SMILES string of the molecule is O=C(CN1CCN(C(=O)C=Cc2cccc(Br)c2)CC1)Nc1cccc(F)c1. The number of nitrogens with one attached hydrogen (secondary N) is 1. The lowest BCUT2D eigenvalue weighted by atomic mass is 10.2. The Bertz CT molecular complexity index is 879. The van der Waals surface area contributed by atoms with Crippen LogP contribution in [-0.2, 0) is 9.59 Å². The summed E-state index contributed by atoms with van der Waals surface area (Å²) in [7, 11) is 0. The van der Waals surface area contributed by atoms with Gasteiger partial charge < -0.3 is 10.2 Å². The number of amides is 2. The molecule has 3 rings (SSSR count). The maximum Gasteiger partial charge on any atom is 0.246 e. The number of hydrogen-bond acceptors (Lipinski definition) is 3. The fourth-order valence-electron chi connectivity index (χ4n) is 2.98. The summed E-state index contributed by atoms with van der Waals surface area (Å²) in [6, 6.07) is 13.5. The molecule has 5 nitrogen and oxygen atoms in total. The van der Waals surface area contributed by atoms with Crippen LogP contribution in [0, 0.1) is 5.82 Å². The smallest absolute Gasteiger partial charge is 0.246 e. The second kappa shape index (κ2) is 9.61. The summed E-state index contributed by atoms with van der Waals surface area (Å²) in [6.45, 7) is 2.58. The Hall–Kier alpha value is -2.51. The van der Waals surface area contributed by atoms with Crippen LogP contribution in [-0.4, -0.2) is 54.3 Å². The zero-order chi connectivity index (χ0) is 19.9. The third-order valence-electron chi connectivity index (χ3n) is 4.43. The van der Waals surface area contributed by atoms with Gasteiger partial charge in [0.15, 0.2) is 0 Å². The highest BCUT2D eigenvalue weighted by Gasteiger charge is 2.21. The second-order valence-electron chi connectivity index (χ2n) is 6.55. The Kier molecular flexibility index (Phi) is 6.95. The number of benzene rings is 2. The number of piperazine rings is 1. The van der Waals surface area contributed by atoms with Crippen LogP contribution in [0.1, 0.15) is 5.56 Å². The van der Waals surface area contributed by atoms with Crippen molar-refractivity contribution < 1.29 is 14.0 Å². The molecule has 2 aromatic rings. The Morgan fingerprint density at radius 3 is 2.54 bits per heavy atom. The molecule has 1 fully saturated rings. The molecule has 0 saturated carbocycles. The van der Waals surface area contributed by atoms with Crippen LogP contribution >= 0.6 is 15.9 Å². The van der Waals surface area contributed by atoms with Crippen molar-refractivity contribution in [1.82, 2.24) is 9.80 Å². The molecule has 1 saturated heterocycles. The van der Waals surface area contributed by atoms with Gasteiger partial charge in [0.2, 0.25) is 11.8 Å². The lowest BCUT2D eigenvalue weighted by Crippen LogP contribution is -2.50. The highest BCUT2D eigenvalue weighted by atomic mass is 79.9. The summed E-state index contributed by atoms with van der Waals surface area (Å²) in [5.41, 5.74) is 1.40. The van der Waals surface area contributed by atoms with E-state index in [1.165, 1.54) is 12.1 Å². The van der Waals surface area contributed by atoms with Crippen molar-refractivity contribution in [3.63, 3.8) is 0 Å². The van der Waals surface area contributed by atoms with E-state index in [0.717, 1.165) is 10.0 Å². The molecule has 28 heavy (non-hydrogen) atoms. The van der Waals surface area contributed by atoms with Crippen molar-refractivity contribution in [3.05, 3.63) is 70.5 Å². The maximum atomic E-state index is 13.2. The Balaban J connectivity index is 1.44. The topological polar surface area (TPSA) is 52.7 Å². The molecule has 146 valence electrons. The Morgan fingerprint density at radius 2 is 1.82 bits per heavy atom. The average Bonchev–Trinajstić information content (AvgIpc) is 2.67. The molecule has 1 aliphatic heterocycles. The molecule has 0 radical (unpaired) electrons. The first kappa shape index (κ1) is 20.2. The third-order valence-corrected chi connectivity index (χ3v) is 4.92. The van der Waals surface area contributed by atoms with Crippen molar-refractivity contribution >= 4 is 39.5 Å². The highest BCUT2D eigenvalue weighted by Crippen LogP contribution is 2.13. The molecule has 0 bridgehead atoms. The Morgan fingerprint density at radius 1 is 1.07 bits per heavy atom. The van der Waals surface area contributed by atoms with Crippen LogP contribution in [0.25, 0.3) is 6.08 Å². The van der Waals surface area contributed by atoms with Crippen molar-refractivity contribution in [2.75, 3.05) is 38.0 Å². The second-order valence-corrected chi connectivity index (χ2v) is 7.46. The molecular weight excluding hydrogens is 425 g/mol. The fraction of sp³-hybridized carbons (Fsp3) is 0.238. The van der Waals surface area contributed by atoms with Gasteiger partial charge in [0.05, 0.1) is 6.54 Å².